The Morgan fingerprint density at radius 1 is 0.826 bits per heavy atom. The smallest absolute Gasteiger partial charge is 0.144 e. The fourth-order valence-electron chi connectivity index (χ4n) is 3.60. The van der Waals surface area contributed by atoms with Gasteiger partial charge >= 0.3 is 0 Å². The van der Waals surface area contributed by atoms with Gasteiger partial charge < -0.3 is 0 Å². The van der Waals surface area contributed by atoms with Crippen molar-refractivity contribution >= 4 is 11.6 Å². The Morgan fingerprint density at radius 3 is 1.52 bits per heavy atom. The van der Waals surface area contributed by atoms with Crippen molar-refractivity contribution in [2.75, 3.05) is 0 Å². The van der Waals surface area contributed by atoms with Gasteiger partial charge in [0.25, 0.3) is 0 Å². The highest BCUT2D eigenvalue weighted by Crippen LogP contribution is 2.46. The fourth-order valence-corrected chi connectivity index (χ4v) is 3.60. The number of carbonyl (C=O) groups is 2. The zero-order chi connectivity index (χ0) is 16.9. The molecule has 0 fully saturated rings. The molecule has 120 valence electrons. The van der Waals surface area contributed by atoms with E-state index < -0.39 is 5.41 Å². The van der Waals surface area contributed by atoms with Crippen LogP contribution in [0.3, 0.4) is 0 Å². The van der Waals surface area contributed by atoms with Gasteiger partial charge in [0.15, 0.2) is 0 Å². The summed E-state index contributed by atoms with van der Waals surface area (Å²) in [4.78, 5) is 25.3. The molecule has 0 saturated carbocycles. The van der Waals surface area contributed by atoms with Crippen molar-refractivity contribution in [3.05, 3.63) is 71.8 Å². The highest BCUT2D eigenvalue weighted by molar-refractivity contribution is 6.06. The molecule has 23 heavy (non-hydrogen) atoms. The first kappa shape index (κ1) is 17.1. The highest BCUT2D eigenvalue weighted by Gasteiger charge is 2.47. The molecule has 0 saturated heterocycles. The van der Waals surface area contributed by atoms with Crippen LogP contribution in [0.25, 0.3) is 0 Å². The fraction of sp³-hybridized carbons (Fsp3) is 0.333. The molecule has 0 heterocycles. The average Bonchev–Trinajstić information content (AvgIpc) is 2.55. The maximum absolute atomic E-state index is 12.7. The number of Topliss-reactive ketones (excluding diaryl/α,β-unsaturated/α-hetero) is 2. The second kappa shape index (κ2) is 7.36. The number of ketones is 2. The first-order valence-corrected chi connectivity index (χ1v) is 8.16. The van der Waals surface area contributed by atoms with Crippen LogP contribution in [-0.2, 0) is 9.59 Å². The third-order valence-electron chi connectivity index (χ3n) is 4.66. The molecule has 0 aliphatic rings. The summed E-state index contributed by atoms with van der Waals surface area (Å²) in [6.07, 6.45) is 1.35. The van der Waals surface area contributed by atoms with E-state index in [1.807, 2.05) is 67.6 Å². The maximum atomic E-state index is 12.7. The minimum absolute atomic E-state index is 0.0513. The van der Waals surface area contributed by atoms with E-state index in [1.54, 1.807) is 13.8 Å². The molecule has 0 amide bonds. The maximum Gasteiger partial charge on any atom is 0.144 e. The van der Waals surface area contributed by atoms with Crippen molar-refractivity contribution in [3.8, 4) is 0 Å². The summed E-state index contributed by atoms with van der Waals surface area (Å²) in [6, 6.07) is 19.8. The summed E-state index contributed by atoms with van der Waals surface area (Å²) >= 11 is 0. The van der Waals surface area contributed by atoms with Crippen molar-refractivity contribution in [3.63, 3.8) is 0 Å². The zero-order valence-corrected chi connectivity index (χ0v) is 14.1. The van der Waals surface area contributed by atoms with E-state index in [0.717, 1.165) is 17.5 Å². The Morgan fingerprint density at radius 2 is 1.22 bits per heavy atom. The van der Waals surface area contributed by atoms with Crippen LogP contribution in [0.5, 0.6) is 0 Å². The molecule has 0 spiro atoms. The standard InChI is InChI=1S/C21H24O2/c1-4-15-21(16(2)22,17(3)23)20(18-11-7-5-8-12-18)19-13-9-6-10-14-19/h5-14,20H,4,15H2,1-3H3. The summed E-state index contributed by atoms with van der Waals surface area (Å²) in [7, 11) is 0. The third-order valence-corrected chi connectivity index (χ3v) is 4.66. The number of rotatable bonds is 7. The topological polar surface area (TPSA) is 34.1 Å². The monoisotopic (exact) mass is 308 g/mol. The lowest BCUT2D eigenvalue weighted by Crippen LogP contribution is -2.42. The summed E-state index contributed by atoms with van der Waals surface area (Å²) in [6.45, 7) is 5.12. The number of hydrogen-bond donors (Lipinski definition) is 0. The van der Waals surface area contributed by atoms with Gasteiger partial charge in [-0.3, -0.25) is 9.59 Å². The summed E-state index contributed by atoms with van der Waals surface area (Å²) in [5.74, 6) is -0.353. The molecule has 0 aliphatic carbocycles. The van der Waals surface area contributed by atoms with Crippen molar-refractivity contribution in [2.45, 2.75) is 39.5 Å². The quantitative estimate of drug-likeness (QED) is 0.690. The van der Waals surface area contributed by atoms with Crippen molar-refractivity contribution in [1.82, 2.24) is 0 Å². The Kier molecular flexibility index (Phi) is 5.49. The predicted octanol–water partition coefficient (Wildman–Crippen LogP) is 4.78. The number of benzene rings is 2. The van der Waals surface area contributed by atoms with Gasteiger partial charge in [0.2, 0.25) is 0 Å². The van der Waals surface area contributed by atoms with Crippen LogP contribution in [0.15, 0.2) is 60.7 Å². The Balaban J connectivity index is 2.73. The number of carbonyl (C=O) groups excluding carboxylic acids is 2. The van der Waals surface area contributed by atoms with Crippen molar-refractivity contribution in [2.24, 2.45) is 5.41 Å². The van der Waals surface area contributed by atoms with Gasteiger partial charge in [-0.05, 0) is 31.4 Å². The molecule has 2 heteroatoms. The van der Waals surface area contributed by atoms with Crippen LogP contribution in [0, 0.1) is 5.41 Å². The van der Waals surface area contributed by atoms with Gasteiger partial charge in [-0.25, -0.2) is 0 Å². The van der Waals surface area contributed by atoms with Gasteiger partial charge in [0.1, 0.15) is 11.6 Å². The molecule has 0 N–H and O–H groups in total. The highest BCUT2D eigenvalue weighted by atomic mass is 16.2. The summed E-state index contributed by atoms with van der Waals surface area (Å²) in [5.41, 5.74) is 1.02. The van der Waals surface area contributed by atoms with Crippen LogP contribution in [0.1, 0.15) is 50.7 Å². The van der Waals surface area contributed by atoms with E-state index in [4.69, 9.17) is 0 Å². The van der Waals surface area contributed by atoms with E-state index in [9.17, 15) is 9.59 Å². The second-order valence-corrected chi connectivity index (χ2v) is 6.09. The summed E-state index contributed by atoms with van der Waals surface area (Å²) < 4.78 is 0. The molecule has 2 nitrogen and oxygen atoms in total. The van der Waals surface area contributed by atoms with Crippen LogP contribution >= 0.6 is 0 Å². The average molecular weight is 308 g/mol. The van der Waals surface area contributed by atoms with Gasteiger partial charge in [0, 0.05) is 5.92 Å². The predicted molar refractivity (Wildman–Crippen MR) is 93.4 cm³/mol. The zero-order valence-electron chi connectivity index (χ0n) is 14.1. The molecule has 2 aromatic rings. The molecule has 0 atom stereocenters. The normalized spacial score (nSPS) is 11.5. The Hall–Kier alpha value is -2.22. The van der Waals surface area contributed by atoms with Gasteiger partial charge in [-0.15, -0.1) is 0 Å². The minimum atomic E-state index is -1.00. The molecule has 0 aliphatic heterocycles. The molecule has 0 unspecified atom stereocenters. The lowest BCUT2D eigenvalue weighted by molar-refractivity contribution is -0.140. The van der Waals surface area contributed by atoms with Gasteiger partial charge in [-0.1, -0.05) is 74.0 Å². The van der Waals surface area contributed by atoms with Crippen LogP contribution in [-0.4, -0.2) is 11.6 Å². The molecule has 2 rings (SSSR count). The lowest BCUT2D eigenvalue weighted by atomic mass is 9.62. The molecule has 0 radical (unpaired) electrons. The van der Waals surface area contributed by atoms with E-state index in [2.05, 4.69) is 0 Å². The minimum Gasteiger partial charge on any atom is -0.299 e. The first-order valence-electron chi connectivity index (χ1n) is 8.16. The lowest BCUT2D eigenvalue weighted by Gasteiger charge is -2.37. The SMILES string of the molecule is CCCC(C(C)=O)(C(C)=O)C(c1ccccc1)c1ccccc1. The molecule has 2 aromatic carbocycles. The number of hydrogen-bond acceptors (Lipinski definition) is 2. The van der Waals surface area contributed by atoms with Crippen LogP contribution in [0.4, 0.5) is 0 Å². The van der Waals surface area contributed by atoms with Crippen molar-refractivity contribution < 1.29 is 9.59 Å². The van der Waals surface area contributed by atoms with E-state index in [1.165, 1.54) is 0 Å². The van der Waals surface area contributed by atoms with E-state index in [-0.39, 0.29) is 17.5 Å². The van der Waals surface area contributed by atoms with E-state index >= 15 is 0 Å². The largest absolute Gasteiger partial charge is 0.299 e. The van der Waals surface area contributed by atoms with Crippen molar-refractivity contribution in [1.29, 1.82) is 0 Å². The molecule has 0 aromatic heterocycles. The second-order valence-electron chi connectivity index (χ2n) is 6.09. The summed E-state index contributed by atoms with van der Waals surface area (Å²) in [5, 5.41) is 0. The first-order chi connectivity index (χ1) is 11.0. The Bertz CT molecular complexity index is 605. The molecule has 0 bridgehead atoms. The Labute approximate surface area is 138 Å². The molecular weight excluding hydrogens is 284 g/mol. The van der Waals surface area contributed by atoms with Gasteiger partial charge in [-0.2, -0.15) is 0 Å². The van der Waals surface area contributed by atoms with Crippen LogP contribution in [0.2, 0.25) is 0 Å². The van der Waals surface area contributed by atoms with Gasteiger partial charge in [0.05, 0.1) is 5.41 Å². The molecular formula is C21H24O2. The third kappa shape index (κ3) is 3.26. The van der Waals surface area contributed by atoms with Crippen LogP contribution < -0.4 is 0 Å². The van der Waals surface area contributed by atoms with E-state index in [0.29, 0.717) is 6.42 Å².